The standard InChI is InChI=1S/C9H16N4O/c1-3-10-8-6-14-5-7(8)9-4-11-12-13(9)2/h4,7-8,10H,3,5-6H2,1-2H3. The first-order valence-electron chi connectivity index (χ1n) is 4.98. The van der Waals surface area contributed by atoms with Crippen molar-refractivity contribution in [3.8, 4) is 0 Å². The summed E-state index contributed by atoms with van der Waals surface area (Å²) in [6.07, 6.45) is 1.82. The van der Waals surface area contributed by atoms with Crippen molar-refractivity contribution in [3.05, 3.63) is 11.9 Å². The Morgan fingerprint density at radius 1 is 1.64 bits per heavy atom. The van der Waals surface area contributed by atoms with Crippen molar-refractivity contribution >= 4 is 0 Å². The first kappa shape index (κ1) is 9.61. The fourth-order valence-electron chi connectivity index (χ4n) is 1.94. The summed E-state index contributed by atoms with van der Waals surface area (Å²) in [6.45, 7) is 4.62. The van der Waals surface area contributed by atoms with Crippen molar-refractivity contribution in [1.29, 1.82) is 0 Å². The molecule has 1 N–H and O–H groups in total. The van der Waals surface area contributed by atoms with E-state index in [1.807, 2.05) is 17.9 Å². The number of nitrogens with zero attached hydrogens (tertiary/aromatic N) is 3. The van der Waals surface area contributed by atoms with Gasteiger partial charge in [-0.15, -0.1) is 5.10 Å². The van der Waals surface area contributed by atoms with Gasteiger partial charge in [-0.3, -0.25) is 4.68 Å². The predicted molar refractivity (Wildman–Crippen MR) is 52.0 cm³/mol. The van der Waals surface area contributed by atoms with Crippen LogP contribution in [0.3, 0.4) is 0 Å². The summed E-state index contributed by atoms with van der Waals surface area (Å²) in [4.78, 5) is 0. The van der Waals surface area contributed by atoms with Crippen molar-refractivity contribution in [2.45, 2.75) is 18.9 Å². The minimum atomic E-state index is 0.384. The van der Waals surface area contributed by atoms with E-state index in [0.29, 0.717) is 12.0 Å². The van der Waals surface area contributed by atoms with Crippen LogP contribution < -0.4 is 5.32 Å². The third-order valence-corrected chi connectivity index (χ3v) is 2.68. The quantitative estimate of drug-likeness (QED) is 0.734. The van der Waals surface area contributed by atoms with E-state index in [9.17, 15) is 0 Å². The molecule has 1 saturated heterocycles. The number of rotatable bonds is 3. The van der Waals surface area contributed by atoms with Crippen LogP contribution in [0.4, 0.5) is 0 Å². The minimum Gasteiger partial charge on any atom is -0.379 e. The number of aryl methyl sites for hydroxylation is 1. The van der Waals surface area contributed by atoms with Gasteiger partial charge in [-0.1, -0.05) is 12.1 Å². The molecule has 2 rings (SSSR count). The number of hydrogen-bond donors (Lipinski definition) is 1. The lowest BCUT2D eigenvalue weighted by atomic mass is 10.0. The molecule has 5 nitrogen and oxygen atoms in total. The molecule has 1 aliphatic rings. The van der Waals surface area contributed by atoms with Gasteiger partial charge in [0, 0.05) is 19.0 Å². The highest BCUT2D eigenvalue weighted by atomic mass is 16.5. The average Bonchev–Trinajstić information content (AvgIpc) is 2.74. The SMILES string of the molecule is CCNC1COCC1c1cnnn1C. The molecule has 0 radical (unpaired) electrons. The van der Waals surface area contributed by atoms with E-state index in [1.54, 1.807) is 0 Å². The highest BCUT2D eigenvalue weighted by molar-refractivity contribution is 5.09. The molecule has 2 unspecified atom stereocenters. The lowest BCUT2D eigenvalue weighted by molar-refractivity contribution is 0.187. The topological polar surface area (TPSA) is 52.0 Å². The second-order valence-electron chi connectivity index (χ2n) is 3.59. The third-order valence-electron chi connectivity index (χ3n) is 2.68. The molecule has 0 aliphatic carbocycles. The summed E-state index contributed by atoms with van der Waals surface area (Å²) in [7, 11) is 1.92. The third kappa shape index (κ3) is 1.65. The second kappa shape index (κ2) is 4.06. The largest absolute Gasteiger partial charge is 0.379 e. The summed E-state index contributed by atoms with van der Waals surface area (Å²) >= 11 is 0. The van der Waals surface area contributed by atoms with Gasteiger partial charge in [-0.25, -0.2) is 0 Å². The van der Waals surface area contributed by atoms with Gasteiger partial charge in [0.05, 0.1) is 25.1 Å². The molecule has 1 aliphatic heterocycles. The van der Waals surface area contributed by atoms with Crippen LogP contribution in [0.2, 0.25) is 0 Å². The van der Waals surface area contributed by atoms with E-state index in [0.717, 1.165) is 25.5 Å². The summed E-state index contributed by atoms with van der Waals surface area (Å²) in [6, 6.07) is 0.400. The zero-order chi connectivity index (χ0) is 9.97. The Bertz CT molecular complexity index is 299. The first-order valence-corrected chi connectivity index (χ1v) is 4.98. The maximum atomic E-state index is 5.47. The van der Waals surface area contributed by atoms with Crippen LogP contribution in [0.5, 0.6) is 0 Å². The zero-order valence-corrected chi connectivity index (χ0v) is 8.60. The van der Waals surface area contributed by atoms with Crippen molar-refractivity contribution in [2.75, 3.05) is 19.8 Å². The molecule has 1 aromatic rings. The Hall–Kier alpha value is -0.940. The highest BCUT2D eigenvalue weighted by Gasteiger charge is 2.30. The number of nitrogens with one attached hydrogen (secondary N) is 1. The van der Waals surface area contributed by atoms with Crippen molar-refractivity contribution in [3.63, 3.8) is 0 Å². The first-order chi connectivity index (χ1) is 6.83. The molecule has 1 fully saturated rings. The molecule has 0 amide bonds. The molecule has 0 spiro atoms. The highest BCUT2D eigenvalue weighted by Crippen LogP contribution is 2.24. The van der Waals surface area contributed by atoms with Crippen LogP contribution in [0, 0.1) is 0 Å². The Balaban J connectivity index is 2.13. The molecule has 1 aromatic heterocycles. The van der Waals surface area contributed by atoms with Crippen molar-refractivity contribution in [1.82, 2.24) is 20.3 Å². The van der Waals surface area contributed by atoms with Gasteiger partial charge in [0.25, 0.3) is 0 Å². The maximum absolute atomic E-state index is 5.47. The molecule has 0 bridgehead atoms. The second-order valence-corrected chi connectivity index (χ2v) is 3.59. The molecule has 0 aromatic carbocycles. The molecule has 0 saturated carbocycles. The van der Waals surface area contributed by atoms with Crippen LogP contribution in [0.25, 0.3) is 0 Å². The lowest BCUT2D eigenvalue weighted by Gasteiger charge is -2.17. The monoisotopic (exact) mass is 196 g/mol. The number of ether oxygens (including phenoxy) is 1. The smallest absolute Gasteiger partial charge is 0.0729 e. The molecular formula is C9H16N4O. The lowest BCUT2D eigenvalue weighted by Crippen LogP contribution is -2.34. The van der Waals surface area contributed by atoms with Crippen LogP contribution >= 0.6 is 0 Å². The van der Waals surface area contributed by atoms with E-state index >= 15 is 0 Å². The van der Waals surface area contributed by atoms with Crippen molar-refractivity contribution < 1.29 is 4.74 Å². The number of likely N-dealkylation sites (N-methyl/N-ethyl adjacent to an activating group) is 1. The summed E-state index contributed by atoms with van der Waals surface area (Å²) in [5, 5.41) is 11.2. The van der Waals surface area contributed by atoms with Crippen LogP contribution in [0.15, 0.2) is 6.20 Å². The van der Waals surface area contributed by atoms with Crippen molar-refractivity contribution in [2.24, 2.45) is 7.05 Å². The van der Waals surface area contributed by atoms with Gasteiger partial charge in [0.2, 0.25) is 0 Å². The van der Waals surface area contributed by atoms with Gasteiger partial charge < -0.3 is 10.1 Å². The molecule has 2 atom stereocenters. The van der Waals surface area contributed by atoms with E-state index in [4.69, 9.17) is 4.74 Å². The van der Waals surface area contributed by atoms with E-state index in [2.05, 4.69) is 22.6 Å². The summed E-state index contributed by atoms with van der Waals surface area (Å²) < 4.78 is 7.29. The van der Waals surface area contributed by atoms with E-state index in [-0.39, 0.29) is 0 Å². The number of hydrogen-bond acceptors (Lipinski definition) is 4. The molecule has 14 heavy (non-hydrogen) atoms. The Labute approximate surface area is 83.4 Å². The van der Waals surface area contributed by atoms with Gasteiger partial charge >= 0.3 is 0 Å². The predicted octanol–water partition coefficient (Wildman–Crippen LogP) is -0.0930. The van der Waals surface area contributed by atoms with E-state index in [1.165, 1.54) is 0 Å². The fourth-order valence-corrected chi connectivity index (χ4v) is 1.94. The minimum absolute atomic E-state index is 0.384. The summed E-state index contributed by atoms with van der Waals surface area (Å²) in [5.41, 5.74) is 1.15. The van der Waals surface area contributed by atoms with Gasteiger partial charge in [0.15, 0.2) is 0 Å². The average molecular weight is 196 g/mol. The molecule has 2 heterocycles. The molecular weight excluding hydrogens is 180 g/mol. The van der Waals surface area contributed by atoms with Gasteiger partial charge in [-0.2, -0.15) is 0 Å². The molecule has 78 valence electrons. The Kier molecular flexibility index (Phi) is 2.79. The van der Waals surface area contributed by atoms with Gasteiger partial charge in [0.1, 0.15) is 0 Å². The fraction of sp³-hybridized carbons (Fsp3) is 0.778. The maximum Gasteiger partial charge on any atom is 0.0729 e. The molecule has 5 heteroatoms. The van der Waals surface area contributed by atoms with E-state index < -0.39 is 0 Å². The Morgan fingerprint density at radius 3 is 3.14 bits per heavy atom. The zero-order valence-electron chi connectivity index (χ0n) is 8.60. The Morgan fingerprint density at radius 2 is 2.50 bits per heavy atom. The summed E-state index contributed by atoms with van der Waals surface area (Å²) in [5.74, 6) is 0.384. The normalized spacial score (nSPS) is 27.0. The number of aromatic nitrogens is 3. The van der Waals surface area contributed by atoms with Crippen LogP contribution in [0.1, 0.15) is 18.5 Å². The van der Waals surface area contributed by atoms with Crippen LogP contribution in [-0.4, -0.2) is 40.8 Å². The van der Waals surface area contributed by atoms with Gasteiger partial charge in [-0.05, 0) is 6.54 Å². The van der Waals surface area contributed by atoms with Crippen LogP contribution in [-0.2, 0) is 11.8 Å².